The molecule has 4 heteroatoms. The van der Waals surface area contributed by atoms with Crippen LogP contribution in [-0.2, 0) is 0 Å². The van der Waals surface area contributed by atoms with Gasteiger partial charge in [0.25, 0.3) is 0 Å². The van der Waals surface area contributed by atoms with Gasteiger partial charge in [0.2, 0.25) is 5.88 Å². The average Bonchev–Trinajstić information content (AvgIpc) is 2.33. The van der Waals surface area contributed by atoms with Gasteiger partial charge in [0.15, 0.2) is 0 Å². The lowest BCUT2D eigenvalue weighted by Crippen LogP contribution is -2.42. The van der Waals surface area contributed by atoms with Crippen molar-refractivity contribution in [3.8, 4) is 11.6 Å². The van der Waals surface area contributed by atoms with E-state index >= 15 is 0 Å². The van der Waals surface area contributed by atoms with Gasteiger partial charge in [0, 0.05) is 12.6 Å². The molecule has 0 aliphatic carbocycles. The van der Waals surface area contributed by atoms with Crippen LogP contribution in [0.15, 0.2) is 18.3 Å². The molecule has 88 valence electrons. The summed E-state index contributed by atoms with van der Waals surface area (Å²) in [5.41, 5.74) is 0. The van der Waals surface area contributed by atoms with E-state index in [-0.39, 0.29) is 6.10 Å². The minimum absolute atomic E-state index is 0.217. The van der Waals surface area contributed by atoms with Crippen LogP contribution in [0, 0.1) is 5.92 Å². The molecule has 0 saturated carbocycles. The van der Waals surface area contributed by atoms with Crippen LogP contribution in [0.5, 0.6) is 11.6 Å². The van der Waals surface area contributed by atoms with Crippen molar-refractivity contribution in [3.63, 3.8) is 0 Å². The molecule has 2 unspecified atom stereocenters. The molecule has 2 heterocycles. The highest BCUT2D eigenvalue weighted by Gasteiger charge is 2.22. The zero-order chi connectivity index (χ0) is 11.4. The molecular weight excluding hydrogens is 204 g/mol. The van der Waals surface area contributed by atoms with Crippen molar-refractivity contribution in [2.75, 3.05) is 20.2 Å². The highest BCUT2D eigenvalue weighted by Crippen LogP contribution is 2.19. The van der Waals surface area contributed by atoms with E-state index in [1.165, 1.54) is 0 Å². The van der Waals surface area contributed by atoms with E-state index in [4.69, 9.17) is 9.47 Å². The molecule has 2 rings (SSSR count). The summed E-state index contributed by atoms with van der Waals surface area (Å²) in [4.78, 5) is 4.20. The van der Waals surface area contributed by atoms with Crippen LogP contribution >= 0.6 is 0 Å². The number of hydrogen-bond acceptors (Lipinski definition) is 4. The van der Waals surface area contributed by atoms with E-state index in [9.17, 15) is 0 Å². The maximum Gasteiger partial charge on any atom is 0.213 e. The minimum Gasteiger partial charge on any atom is -0.495 e. The Labute approximate surface area is 96.0 Å². The molecule has 4 nitrogen and oxygen atoms in total. The van der Waals surface area contributed by atoms with Crippen molar-refractivity contribution < 1.29 is 9.47 Å². The van der Waals surface area contributed by atoms with Crippen molar-refractivity contribution in [2.45, 2.75) is 19.4 Å². The van der Waals surface area contributed by atoms with Gasteiger partial charge >= 0.3 is 0 Å². The Hall–Kier alpha value is -1.29. The third-order valence-electron chi connectivity index (χ3n) is 2.97. The maximum atomic E-state index is 5.84. The third-order valence-corrected chi connectivity index (χ3v) is 2.97. The topological polar surface area (TPSA) is 43.4 Å². The number of hydrogen-bond donors (Lipinski definition) is 1. The molecule has 0 radical (unpaired) electrons. The van der Waals surface area contributed by atoms with Gasteiger partial charge in [-0.1, -0.05) is 6.92 Å². The summed E-state index contributed by atoms with van der Waals surface area (Å²) in [6.45, 7) is 4.20. The Morgan fingerprint density at radius 1 is 1.44 bits per heavy atom. The molecule has 1 saturated heterocycles. The van der Waals surface area contributed by atoms with Gasteiger partial charge in [-0.25, -0.2) is 4.98 Å². The van der Waals surface area contributed by atoms with Crippen LogP contribution in [0.1, 0.15) is 13.3 Å². The summed E-state index contributed by atoms with van der Waals surface area (Å²) in [7, 11) is 1.63. The Morgan fingerprint density at radius 3 is 2.94 bits per heavy atom. The number of nitrogens with zero attached hydrogens (tertiary/aromatic N) is 1. The number of methoxy groups -OCH3 is 1. The van der Waals surface area contributed by atoms with Gasteiger partial charge in [-0.05, 0) is 24.9 Å². The highest BCUT2D eigenvalue weighted by molar-refractivity contribution is 5.22. The number of nitrogens with one attached hydrogen (secondary N) is 1. The molecule has 1 aliphatic rings. The Morgan fingerprint density at radius 2 is 2.31 bits per heavy atom. The molecule has 1 aliphatic heterocycles. The lowest BCUT2D eigenvalue weighted by molar-refractivity contribution is 0.109. The van der Waals surface area contributed by atoms with E-state index < -0.39 is 0 Å². The van der Waals surface area contributed by atoms with Gasteiger partial charge in [0.1, 0.15) is 11.9 Å². The van der Waals surface area contributed by atoms with Crippen molar-refractivity contribution in [3.05, 3.63) is 18.3 Å². The largest absolute Gasteiger partial charge is 0.495 e. The second-order valence-electron chi connectivity index (χ2n) is 4.16. The van der Waals surface area contributed by atoms with Crippen LogP contribution < -0.4 is 14.8 Å². The molecule has 1 aromatic rings. The first kappa shape index (κ1) is 11.2. The van der Waals surface area contributed by atoms with E-state index in [1.54, 1.807) is 13.3 Å². The van der Waals surface area contributed by atoms with Gasteiger partial charge in [-0.3, -0.25) is 0 Å². The minimum atomic E-state index is 0.217. The van der Waals surface area contributed by atoms with E-state index in [1.807, 2.05) is 12.1 Å². The van der Waals surface area contributed by atoms with Crippen LogP contribution in [0.25, 0.3) is 0 Å². The van der Waals surface area contributed by atoms with Crippen LogP contribution in [-0.4, -0.2) is 31.3 Å². The van der Waals surface area contributed by atoms with Crippen LogP contribution in [0.2, 0.25) is 0 Å². The summed E-state index contributed by atoms with van der Waals surface area (Å²) in [5.74, 6) is 1.99. The van der Waals surface area contributed by atoms with Gasteiger partial charge in [0.05, 0.1) is 13.3 Å². The van der Waals surface area contributed by atoms with E-state index in [2.05, 4.69) is 17.2 Å². The SMILES string of the molecule is COc1ccc(OC2CNCCC2C)nc1. The smallest absolute Gasteiger partial charge is 0.213 e. The summed E-state index contributed by atoms with van der Waals surface area (Å²) in [5, 5.41) is 3.33. The molecule has 0 bridgehead atoms. The summed E-state index contributed by atoms with van der Waals surface area (Å²) in [6.07, 6.45) is 3.05. The fourth-order valence-electron chi connectivity index (χ4n) is 1.83. The predicted molar refractivity (Wildman–Crippen MR) is 61.9 cm³/mol. The lowest BCUT2D eigenvalue weighted by atomic mass is 9.97. The van der Waals surface area contributed by atoms with Crippen LogP contribution in [0.3, 0.4) is 0 Å². The van der Waals surface area contributed by atoms with Crippen LogP contribution in [0.4, 0.5) is 0 Å². The first-order chi connectivity index (χ1) is 7.79. The lowest BCUT2D eigenvalue weighted by Gasteiger charge is -2.29. The number of ether oxygens (including phenoxy) is 2. The standard InChI is InChI=1S/C12H18N2O2/c1-9-5-6-13-8-11(9)16-12-4-3-10(15-2)7-14-12/h3-4,7,9,11,13H,5-6,8H2,1-2H3. The average molecular weight is 222 g/mol. The zero-order valence-electron chi connectivity index (χ0n) is 9.77. The summed E-state index contributed by atoms with van der Waals surface area (Å²) >= 11 is 0. The second-order valence-corrected chi connectivity index (χ2v) is 4.16. The molecule has 16 heavy (non-hydrogen) atoms. The van der Waals surface area contributed by atoms with Crippen molar-refractivity contribution in [1.82, 2.24) is 10.3 Å². The molecule has 0 amide bonds. The van der Waals surface area contributed by atoms with Crippen molar-refractivity contribution in [1.29, 1.82) is 0 Å². The first-order valence-corrected chi connectivity index (χ1v) is 5.67. The number of piperidine rings is 1. The van der Waals surface area contributed by atoms with Crippen molar-refractivity contribution in [2.24, 2.45) is 5.92 Å². The first-order valence-electron chi connectivity index (χ1n) is 5.67. The number of rotatable bonds is 3. The summed E-state index contributed by atoms with van der Waals surface area (Å²) < 4.78 is 10.9. The molecule has 1 aromatic heterocycles. The second kappa shape index (κ2) is 5.16. The molecule has 1 fully saturated rings. The molecule has 0 spiro atoms. The predicted octanol–water partition coefficient (Wildman–Crippen LogP) is 1.47. The normalized spacial score (nSPS) is 25.1. The summed E-state index contributed by atoms with van der Waals surface area (Å²) in [6, 6.07) is 3.71. The number of aromatic nitrogens is 1. The zero-order valence-corrected chi connectivity index (χ0v) is 9.77. The van der Waals surface area contributed by atoms with Gasteiger partial charge in [-0.2, -0.15) is 0 Å². The molecule has 0 aromatic carbocycles. The van der Waals surface area contributed by atoms with E-state index in [0.717, 1.165) is 25.3 Å². The third kappa shape index (κ3) is 2.64. The highest BCUT2D eigenvalue weighted by atomic mass is 16.5. The fraction of sp³-hybridized carbons (Fsp3) is 0.583. The Balaban J connectivity index is 1.96. The van der Waals surface area contributed by atoms with Gasteiger partial charge < -0.3 is 14.8 Å². The fourth-order valence-corrected chi connectivity index (χ4v) is 1.83. The van der Waals surface area contributed by atoms with E-state index in [0.29, 0.717) is 11.8 Å². The maximum absolute atomic E-state index is 5.84. The molecular formula is C12H18N2O2. The molecule has 1 N–H and O–H groups in total. The molecule has 2 atom stereocenters. The Bertz CT molecular complexity index is 326. The number of pyridine rings is 1. The quantitative estimate of drug-likeness (QED) is 0.841. The van der Waals surface area contributed by atoms with Crippen molar-refractivity contribution >= 4 is 0 Å². The monoisotopic (exact) mass is 222 g/mol. The Kier molecular flexibility index (Phi) is 3.62. The van der Waals surface area contributed by atoms with Gasteiger partial charge in [-0.15, -0.1) is 0 Å².